The number of fused-ring (bicyclic) bond motifs is 1. The van der Waals surface area contributed by atoms with E-state index in [0.717, 1.165) is 22.6 Å². The van der Waals surface area contributed by atoms with Crippen LogP contribution in [0.1, 0.15) is 19.8 Å². The second-order valence-corrected chi connectivity index (χ2v) is 30.8. The average molecular weight is 487 g/mol. The molecule has 0 aromatic heterocycles. The van der Waals surface area contributed by atoms with Crippen LogP contribution < -0.4 is 0 Å². The van der Waals surface area contributed by atoms with Crippen LogP contribution in [0.5, 0.6) is 0 Å². The molecule has 1 aromatic rings. The molecule has 0 nitrogen and oxygen atoms in total. The van der Waals surface area contributed by atoms with Gasteiger partial charge in [-0.15, -0.1) is 0 Å². The van der Waals surface area contributed by atoms with Crippen molar-refractivity contribution in [1.29, 1.82) is 0 Å². The van der Waals surface area contributed by atoms with Crippen LogP contribution in [0.15, 0.2) is 43.9 Å². The van der Waals surface area contributed by atoms with Crippen molar-refractivity contribution in [3.63, 3.8) is 0 Å². The molecule has 26 heavy (non-hydrogen) atoms. The number of benzene rings is 1. The van der Waals surface area contributed by atoms with Crippen LogP contribution in [0, 0.1) is 0 Å². The normalized spacial score (nSPS) is 23.1. The molecular formula is C14H13F6PS5. The number of allylic oxidation sites excluding steroid dienone is 2. The summed E-state index contributed by atoms with van der Waals surface area (Å²) < 4.78 is 77.2. The van der Waals surface area contributed by atoms with Gasteiger partial charge in [0.2, 0.25) is 0 Å². The molecule has 0 N–H and O–H groups in total. The number of hydrogen-bond acceptors (Lipinski definition) is 5. The van der Waals surface area contributed by atoms with Gasteiger partial charge in [-0.05, 0) is 0 Å². The topological polar surface area (TPSA) is 0 Å². The molecule has 1 aromatic carbocycles. The molecule has 1 spiro atoms. The zero-order valence-electron chi connectivity index (χ0n) is 13.2. The third-order valence-electron chi connectivity index (χ3n) is 3.35. The fraction of sp³-hybridized carbons (Fsp3) is 0.429. The fourth-order valence-electron chi connectivity index (χ4n) is 2.24. The molecule has 146 valence electrons. The van der Waals surface area contributed by atoms with Crippen LogP contribution in [0.2, 0.25) is 0 Å². The summed E-state index contributed by atoms with van der Waals surface area (Å²) in [4.78, 5) is -1.43. The van der Waals surface area contributed by atoms with Gasteiger partial charge in [-0.2, -0.15) is 0 Å². The van der Waals surface area contributed by atoms with Crippen molar-refractivity contribution in [1.82, 2.24) is 0 Å². The summed E-state index contributed by atoms with van der Waals surface area (Å²) in [6.07, 6.45) is -8.43. The van der Waals surface area contributed by atoms with E-state index >= 15 is 0 Å². The molecule has 0 saturated carbocycles. The van der Waals surface area contributed by atoms with Gasteiger partial charge in [-0.25, -0.2) is 0 Å². The van der Waals surface area contributed by atoms with Crippen molar-refractivity contribution >= 4 is 59.5 Å². The predicted molar refractivity (Wildman–Crippen MR) is 107 cm³/mol. The third kappa shape index (κ3) is 4.03. The van der Waals surface area contributed by atoms with Crippen LogP contribution in [0.25, 0.3) is 0 Å². The predicted octanol–water partition coefficient (Wildman–Crippen LogP) is 9.36. The second-order valence-electron chi connectivity index (χ2n) is 5.40. The van der Waals surface area contributed by atoms with Gasteiger partial charge in [-0.3, -0.25) is 0 Å². The summed E-state index contributed by atoms with van der Waals surface area (Å²) >= 11 is 4.62. The van der Waals surface area contributed by atoms with E-state index in [-0.39, 0.29) is 0 Å². The monoisotopic (exact) mass is 486 g/mol. The Morgan fingerprint density at radius 2 is 1.31 bits per heavy atom. The van der Waals surface area contributed by atoms with Gasteiger partial charge >= 0.3 is 168 Å². The molecule has 0 fully saturated rings. The minimum absolute atomic E-state index is 0.434. The second kappa shape index (κ2) is 7.20. The van der Waals surface area contributed by atoms with Crippen LogP contribution in [0.4, 0.5) is 26.3 Å². The van der Waals surface area contributed by atoms with Gasteiger partial charge in [-0.1, -0.05) is 0 Å². The van der Waals surface area contributed by atoms with E-state index in [1.165, 1.54) is 34.1 Å². The van der Waals surface area contributed by atoms with Gasteiger partial charge in [0, 0.05) is 0 Å². The number of hydrogen-bond donors (Lipinski definition) is 0. The van der Waals surface area contributed by atoms with E-state index in [1.54, 1.807) is 24.3 Å². The number of alkyl halides is 6. The molecule has 0 aliphatic carbocycles. The quantitative estimate of drug-likeness (QED) is 0.235. The molecule has 2 heterocycles. The molecule has 12 heteroatoms. The van der Waals surface area contributed by atoms with Crippen molar-refractivity contribution in [3.8, 4) is 0 Å². The summed E-state index contributed by atoms with van der Waals surface area (Å²) in [7, 11) is 0. The molecule has 0 radical (unpaired) electrons. The van der Waals surface area contributed by atoms with Gasteiger partial charge in [0.1, 0.15) is 0 Å². The van der Waals surface area contributed by atoms with E-state index in [2.05, 4.69) is 0 Å². The summed E-state index contributed by atoms with van der Waals surface area (Å²) in [5.74, 6) is 0.540. The first-order valence-electron chi connectivity index (χ1n) is 7.44. The van der Waals surface area contributed by atoms with E-state index in [9.17, 15) is 26.3 Å². The molecule has 2 aliphatic heterocycles. The molecular weight excluding hydrogens is 473 g/mol. The Morgan fingerprint density at radius 1 is 0.846 bits per heavy atom. The van der Waals surface area contributed by atoms with Crippen LogP contribution in [0.3, 0.4) is 0 Å². The standard InChI is InChI=1S/C14H13F6PS5/c1-2-3-8-22-21(23-9-6-4-5-7-10(9)24-21)25-11(13(15,16)17)12(26-21)14(18,19)20/h4-7H,2-3,8H2,1H3. The Morgan fingerprint density at radius 3 is 1.69 bits per heavy atom. The average Bonchev–Trinajstić information content (AvgIpc) is 3.03. The summed E-state index contributed by atoms with van der Waals surface area (Å²) in [5.41, 5.74) is 0. The first-order valence-corrected chi connectivity index (χ1v) is 16.9. The van der Waals surface area contributed by atoms with E-state index < -0.39 is 24.8 Å². The van der Waals surface area contributed by atoms with E-state index in [0.29, 0.717) is 28.5 Å². The Balaban J connectivity index is 2.06. The molecule has 3 rings (SSSR count). The third-order valence-corrected chi connectivity index (χ3v) is 30.2. The van der Waals surface area contributed by atoms with Crippen molar-refractivity contribution < 1.29 is 26.3 Å². The first kappa shape index (κ1) is 21.4. The Hall–Kier alpha value is 0.720. The summed E-state index contributed by atoms with van der Waals surface area (Å²) in [6, 6.07) is 7.06. The molecule has 0 bridgehead atoms. The molecule has 0 amide bonds. The summed E-state index contributed by atoms with van der Waals surface area (Å²) in [5, 5.41) is 0. The first-order chi connectivity index (χ1) is 12.0. The fourth-order valence-corrected chi connectivity index (χ4v) is 33.2. The van der Waals surface area contributed by atoms with Gasteiger partial charge in [0.25, 0.3) is 0 Å². The maximum absolute atomic E-state index is 13.5. The maximum atomic E-state index is 13.5. The minimum atomic E-state index is -5.01. The molecule has 0 saturated heterocycles. The van der Waals surface area contributed by atoms with Crippen molar-refractivity contribution in [2.75, 3.05) is 5.75 Å². The number of halogens is 6. The number of rotatable bonds is 4. The zero-order chi connectivity index (χ0) is 19.2. The number of unbranched alkanes of at least 4 members (excludes halogenated alkanes) is 1. The summed E-state index contributed by atoms with van der Waals surface area (Å²) in [6.45, 7) is 1.95. The van der Waals surface area contributed by atoms with Gasteiger partial charge in [0.15, 0.2) is 0 Å². The molecule has 2 aliphatic rings. The van der Waals surface area contributed by atoms with Crippen LogP contribution >= 0.6 is 59.5 Å². The Bertz CT molecular complexity index is 689. The Kier molecular flexibility index (Phi) is 5.93. The molecule has 0 unspecified atom stereocenters. The van der Waals surface area contributed by atoms with Gasteiger partial charge < -0.3 is 0 Å². The van der Waals surface area contributed by atoms with E-state index in [4.69, 9.17) is 0 Å². The van der Waals surface area contributed by atoms with Crippen molar-refractivity contribution in [3.05, 3.63) is 34.1 Å². The molecule has 0 atom stereocenters. The van der Waals surface area contributed by atoms with Crippen molar-refractivity contribution in [2.45, 2.75) is 41.9 Å². The SMILES string of the molecule is CCCCSP12(SC(C(F)(F)F)=C(C(F)(F)F)S1)Sc1ccccc1S2. The van der Waals surface area contributed by atoms with Crippen LogP contribution in [-0.2, 0) is 0 Å². The Labute approximate surface area is 167 Å². The van der Waals surface area contributed by atoms with Crippen LogP contribution in [-0.4, -0.2) is 18.1 Å². The van der Waals surface area contributed by atoms with E-state index in [1.807, 2.05) is 6.92 Å². The van der Waals surface area contributed by atoms with Gasteiger partial charge in [0.05, 0.1) is 0 Å². The zero-order valence-corrected chi connectivity index (χ0v) is 18.2. The van der Waals surface area contributed by atoms with Crippen molar-refractivity contribution in [2.24, 2.45) is 0 Å².